The Morgan fingerprint density at radius 2 is 1.79 bits per heavy atom. The molecular formula is C19H28N4O4S. The quantitative estimate of drug-likeness (QED) is 0.683. The Morgan fingerprint density at radius 1 is 1.14 bits per heavy atom. The van der Waals surface area contributed by atoms with E-state index in [1.165, 1.54) is 16.4 Å². The first kappa shape index (κ1) is 22.0. The minimum absolute atomic E-state index is 0.0173. The Hall–Kier alpha value is -2.26. The molecule has 1 N–H and O–H groups in total. The molecule has 9 heteroatoms. The third-order valence-corrected chi connectivity index (χ3v) is 5.69. The fourth-order valence-electron chi connectivity index (χ4n) is 2.65. The van der Waals surface area contributed by atoms with Crippen LogP contribution in [0, 0.1) is 11.8 Å². The number of amides is 1. The number of benzene rings is 1. The highest BCUT2D eigenvalue weighted by Gasteiger charge is 2.26. The molecular weight excluding hydrogens is 380 g/mol. The van der Waals surface area contributed by atoms with Crippen molar-refractivity contribution in [3.63, 3.8) is 0 Å². The summed E-state index contributed by atoms with van der Waals surface area (Å²) in [5.74, 6) is 0.267. The number of hydrogen-bond donors (Lipinski definition) is 1. The molecule has 1 heterocycles. The Balaban J connectivity index is 2.27. The first-order valence-electron chi connectivity index (χ1n) is 9.37. The molecule has 1 aromatic carbocycles. The Bertz CT molecular complexity index is 896. The highest BCUT2D eigenvalue weighted by Crippen LogP contribution is 2.20. The first-order valence-corrected chi connectivity index (χ1v) is 10.8. The number of anilines is 1. The number of sulfonamides is 1. The maximum Gasteiger partial charge on any atom is 0.322 e. The van der Waals surface area contributed by atoms with E-state index >= 15 is 0 Å². The third-order valence-electron chi connectivity index (χ3n) is 3.86. The van der Waals surface area contributed by atoms with Crippen molar-refractivity contribution in [3.8, 4) is 0 Å². The summed E-state index contributed by atoms with van der Waals surface area (Å²) in [5.41, 5.74) is 0.200. The molecule has 28 heavy (non-hydrogen) atoms. The van der Waals surface area contributed by atoms with Crippen LogP contribution in [-0.2, 0) is 16.4 Å². The summed E-state index contributed by atoms with van der Waals surface area (Å²) in [6.45, 7) is 10.6. The molecule has 0 spiro atoms. The van der Waals surface area contributed by atoms with Crippen molar-refractivity contribution < 1.29 is 17.6 Å². The summed E-state index contributed by atoms with van der Waals surface area (Å²) >= 11 is 0. The molecule has 0 unspecified atom stereocenters. The average molecular weight is 409 g/mol. The van der Waals surface area contributed by atoms with E-state index in [2.05, 4.69) is 15.5 Å². The van der Waals surface area contributed by atoms with Gasteiger partial charge in [-0.3, -0.25) is 10.1 Å². The van der Waals surface area contributed by atoms with Gasteiger partial charge in [-0.2, -0.15) is 4.31 Å². The Labute approximate surface area is 166 Å². The molecule has 2 rings (SSSR count). The largest absolute Gasteiger partial charge is 0.408 e. The van der Waals surface area contributed by atoms with Crippen LogP contribution in [0.15, 0.2) is 33.6 Å². The van der Waals surface area contributed by atoms with Crippen LogP contribution in [0.2, 0.25) is 0 Å². The lowest BCUT2D eigenvalue weighted by Crippen LogP contribution is -2.37. The highest BCUT2D eigenvalue weighted by molar-refractivity contribution is 7.89. The normalized spacial score (nSPS) is 12.1. The van der Waals surface area contributed by atoms with Gasteiger partial charge in [-0.05, 0) is 30.0 Å². The van der Waals surface area contributed by atoms with Gasteiger partial charge in [-0.1, -0.05) is 45.8 Å². The third kappa shape index (κ3) is 5.62. The molecule has 2 aromatic rings. The molecule has 0 aliphatic rings. The zero-order valence-corrected chi connectivity index (χ0v) is 17.8. The predicted octanol–water partition coefficient (Wildman–Crippen LogP) is 3.19. The van der Waals surface area contributed by atoms with Crippen molar-refractivity contribution in [2.24, 2.45) is 11.8 Å². The van der Waals surface area contributed by atoms with E-state index in [0.29, 0.717) is 25.4 Å². The van der Waals surface area contributed by atoms with Crippen molar-refractivity contribution in [2.45, 2.75) is 45.9 Å². The van der Waals surface area contributed by atoms with E-state index < -0.39 is 15.9 Å². The van der Waals surface area contributed by atoms with E-state index in [1.807, 2.05) is 34.6 Å². The van der Waals surface area contributed by atoms with Crippen molar-refractivity contribution in [2.75, 3.05) is 18.4 Å². The smallest absolute Gasteiger partial charge is 0.322 e. The van der Waals surface area contributed by atoms with Gasteiger partial charge in [-0.25, -0.2) is 8.42 Å². The van der Waals surface area contributed by atoms with Crippen LogP contribution < -0.4 is 5.32 Å². The van der Waals surface area contributed by atoms with Gasteiger partial charge < -0.3 is 4.42 Å². The minimum atomic E-state index is -3.72. The molecule has 0 atom stereocenters. The van der Waals surface area contributed by atoms with Crippen molar-refractivity contribution in [1.82, 2.24) is 14.5 Å². The lowest BCUT2D eigenvalue weighted by atomic mass is 10.2. The second-order valence-corrected chi connectivity index (χ2v) is 9.38. The minimum Gasteiger partial charge on any atom is -0.408 e. The zero-order chi connectivity index (χ0) is 20.9. The number of carbonyl (C=O) groups is 1. The number of hydrogen-bond acceptors (Lipinski definition) is 6. The average Bonchev–Trinajstić information content (AvgIpc) is 3.08. The lowest BCUT2D eigenvalue weighted by Gasteiger charge is -2.25. The second kappa shape index (κ2) is 9.29. The molecule has 0 fully saturated rings. The van der Waals surface area contributed by atoms with Crippen LogP contribution >= 0.6 is 0 Å². The molecule has 1 aromatic heterocycles. The van der Waals surface area contributed by atoms with Gasteiger partial charge in [0.1, 0.15) is 0 Å². The van der Waals surface area contributed by atoms with E-state index in [0.717, 1.165) is 0 Å². The van der Waals surface area contributed by atoms with Crippen LogP contribution in [0.4, 0.5) is 6.01 Å². The van der Waals surface area contributed by atoms with Crippen molar-refractivity contribution in [3.05, 3.63) is 35.7 Å². The molecule has 0 aliphatic carbocycles. The van der Waals surface area contributed by atoms with Crippen LogP contribution in [0.5, 0.6) is 0 Å². The van der Waals surface area contributed by atoms with E-state index in [-0.39, 0.29) is 28.3 Å². The summed E-state index contributed by atoms with van der Waals surface area (Å²) in [4.78, 5) is 12.6. The summed E-state index contributed by atoms with van der Waals surface area (Å²) in [5, 5.41) is 10.0. The fourth-order valence-corrected chi connectivity index (χ4v) is 4.46. The van der Waals surface area contributed by atoms with E-state index in [4.69, 9.17) is 4.42 Å². The number of nitrogens with zero attached hydrogens (tertiary/aromatic N) is 3. The molecule has 154 valence electrons. The molecule has 0 aliphatic heterocycles. The highest BCUT2D eigenvalue weighted by atomic mass is 32.2. The van der Waals surface area contributed by atoms with Crippen molar-refractivity contribution >= 4 is 21.9 Å². The van der Waals surface area contributed by atoms with Crippen molar-refractivity contribution in [1.29, 1.82) is 0 Å². The predicted molar refractivity (Wildman–Crippen MR) is 107 cm³/mol. The SMILES string of the molecule is CCc1nnc(NC(=O)c2cccc(S(=O)(=O)N(CC(C)C)CC(C)C)c2)o1. The number of aryl methyl sites for hydroxylation is 1. The van der Waals surface area contributed by atoms with Gasteiger partial charge in [0.15, 0.2) is 0 Å². The molecule has 0 bridgehead atoms. The zero-order valence-electron chi connectivity index (χ0n) is 17.0. The number of aromatic nitrogens is 2. The van der Waals surface area contributed by atoms with Gasteiger partial charge in [0, 0.05) is 25.1 Å². The van der Waals surface area contributed by atoms with Gasteiger partial charge in [0.2, 0.25) is 15.9 Å². The van der Waals surface area contributed by atoms with Crippen LogP contribution in [0.3, 0.4) is 0 Å². The number of rotatable bonds is 9. The summed E-state index contributed by atoms with van der Waals surface area (Å²) < 4.78 is 33.0. The molecule has 8 nitrogen and oxygen atoms in total. The monoisotopic (exact) mass is 408 g/mol. The van der Waals surface area contributed by atoms with Gasteiger partial charge in [0.25, 0.3) is 5.91 Å². The standard InChI is InChI=1S/C19H28N4O4S/c1-6-17-21-22-19(27-17)20-18(24)15-8-7-9-16(10-15)28(25,26)23(11-13(2)3)12-14(4)5/h7-10,13-14H,6,11-12H2,1-5H3,(H,20,22,24). The van der Waals surface area contributed by atoms with Crippen LogP contribution in [0.1, 0.15) is 50.9 Å². The number of nitrogens with one attached hydrogen (secondary N) is 1. The Kier molecular flexibility index (Phi) is 7.31. The van der Waals surface area contributed by atoms with Crippen LogP contribution in [-0.4, -0.2) is 41.9 Å². The number of carbonyl (C=O) groups excluding carboxylic acids is 1. The first-order chi connectivity index (χ1) is 13.1. The Morgan fingerprint density at radius 3 is 2.32 bits per heavy atom. The lowest BCUT2D eigenvalue weighted by molar-refractivity contribution is 0.102. The van der Waals surface area contributed by atoms with Gasteiger partial charge in [0.05, 0.1) is 4.90 Å². The summed E-state index contributed by atoms with van der Waals surface area (Å²) in [7, 11) is -3.72. The van der Waals surface area contributed by atoms with Gasteiger partial charge in [-0.15, -0.1) is 5.10 Å². The molecule has 0 saturated carbocycles. The van der Waals surface area contributed by atoms with E-state index in [1.54, 1.807) is 12.1 Å². The maximum absolute atomic E-state index is 13.1. The van der Waals surface area contributed by atoms with E-state index in [9.17, 15) is 13.2 Å². The topological polar surface area (TPSA) is 105 Å². The summed E-state index contributed by atoms with van der Waals surface area (Å²) in [6, 6.07) is 5.95. The maximum atomic E-state index is 13.1. The molecule has 1 amide bonds. The second-order valence-electron chi connectivity index (χ2n) is 7.45. The van der Waals surface area contributed by atoms with Crippen LogP contribution in [0.25, 0.3) is 0 Å². The molecule has 0 radical (unpaired) electrons. The van der Waals surface area contributed by atoms with Gasteiger partial charge >= 0.3 is 6.01 Å². The summed E-state index contributed by atoms with van der Waals surface area (Å²) in [6.07, 6.45) is 0.554. The fraction of sp³-hybridized carbons (Fsp3) is 0.526. The molecule has 0 saturated heterocycles.